The third-order valence-corrected chi connectivity index (χ3v) is 9.33. The van der Waals surface area contributed by atoms with Crippen LogP contribution in [-0.4, -0.2) is 85.5 Å². The summed E-state index contributed by atoms with van der Waals surface area (Å²) in [6.07, 6.45) is 4.96. The average Bonchev–Trinajstić information content (AvgIpc) is 3.82. The lowest BCUT2D eigenvalue weighted by atomic mass is 10.1. The van der Waals surface area contributed by atoms with E-state index in [0.29, 0.717) is 35.4 Å². The largest absolute Gasteiger partial charge is 0.491 e. The molecule has 244 valence electrons. The smallest absolute Gasteiger partial charge is 0.331 e. The molecule has 0 N–H and O–H groups in total. The van der Waals surface area contributed by atoms with E-state index in [1.54, 1.807) is 24.7 Å². The van der Waals surface area contributed by atoms with Gasteiger partial charge in [0.1, 0.15) is 25.0 Å². The Bertz CT molecular complexity index is 1730. The lowest BCUT2D eigenvalue weighted by Gasteiger charge is -2.37. The van der Waals surface area contributed by atoms with Gasteiger partial charge < -0.3 is 28.6 Å². The Kier molecular flexibility index (Phi) is 8.71. The number of ether oxygens (including phenoxy) is 3. The molecule has 3 aliphatic heterocycles. The number of carbonyl (C=O) groups is 2. The predicted molar refractivity (Wildman–Crippen MR) is 180 cm³/mol. The summed E-state index contributed by atoms with van der Waals surface area (Å²) in [4.78, 5) is 35.7. The summed E-state index contributed by atoms with van der Waals surface area (Å²) >= 11 is 12.7. The molecular formula is C34H34Cl2N6O5. The third kappa shape index (κ3) is 6.48. The van der Waals surface area contributed by atoms with Crippen LogP contribution < -0.4 is 19.4 Å². The van der Waals surface area contributed by atoms with Crippen molar-refractivity contribution in [2.24, 2.45) is 0 Å². The number of benzene rings is 3. The van der Waals surface area contributed by atoms with E-state index >= 15 is 0 Å². The molecule has 2 atom stereocenters. The summed E-state index contributed by atoms with van der Waals surface area (Å²) in [6, 6.07) is 20.9. The second kappa shape index (κ2) is 13.1. The standard InChI is InChI=1S/C34H34Cl2N6O5/c1-38-32(43)19-42(33(38)44)27-5-3-25(4-6-27)40-14-16-41(17-15-40)26-7-9-28(10-8-26)45-20-29-21-46-34(47-29,22-39-13-12-37-23-39)30-11-2-24(35)18-31(30)36/h2-13,18,23,29H,14-17,19-22H2,1H3/t29-,34-/m1/s1. The molecule has 47 heavy (non-hydrogen) atoms. The SMILES string of the molecule is CN1C(=O)CN(c2ccc(N3CCN(c4ccc(OC[C@@H]5CO[C@@](Cn6ccnc6)(c6ccc(Cl)cc6Cl)O5)cc4)CC3)cc2)C1=O. The van der Waals surface area contributed by atoms with Gasteiger partial charge in [0.2, 0.25) is 11.7 Å². The summed E-state index contributed by atoms with van der Waals surface area (Å²) in [7, 11) is 1.51. The van der Waals surface area contributed by atoms with E-state index in [-0.39, 0.29) is 24.6 Å². The van der Waals surface area contributed by atoms with Crippen molar-refractivity contribution in [2.75, 3.05) is 67.7 Å². The highest BCUT2D eigenvalue weighted by atomic mass is 35.5. The molecular weight excluding hydrogens is 643 g/mol. The number of piperazine rings is 1. The van der Waals surface area contributed by atoms with Gasteiger partial charge in [-0.1, -0.05) is 29.3 Å². The maximum atomic E-state index is 12.3. The predicted octanol–water partition coefficient (Wildman–Crippen LogP) is 5.26. The van der Waals surface area contributed by atoms with E-state index in [1.165, 1.54) is 11.9 Å². The molecule has 3 aromatic carbocycles. The molecule has 4 aromatic rings. The van der Waals surface area contributed by atoms with Crippen LogP contribution in [0.3, 0.4) is 0 Å². The first-order valence-corrected chi connectivity index (χ1v) is 16.2. The Morgan fingerprint density at radius 1 is 0.915 bits per heavy atom. The van der Waals surface area contributed by atoms with Gasteiger partial charge in [0.25, 0.3) is 0 Å². The number of halogens is 2. The van der Waals surface area contributed by atoms with Gasteiger partial charge in [-0.25, -0.2) is 9.78 Å². The minimum Gasteiger partial charge on any atom is -0.491 e. The molecule has 0 spiro atoms. The van der Waals surface area contributed by atoms with Crippen LogP contribution in [-0.2, 0) is 26.6 Å². The van der Waals surface area contributed by atoms with Gasteiger partial charge >= 0.3 is 6.03 Å². The van der Waals surface area contributed by atoms with Crippen molar-refractivity contribution < 1.29 is 23.8 Å². The van der Waals surface area contributed by atoms with E-state index in [9.17, 15) is 9.59 Å². The summed E-state index contributed by atoms with van der Waals surface area (Å²) in [5, 5.41) is 1.01. The Hall–Kier alpha value is -4.29. The van der Waals surface area contributed by atoms with Crippen LogP contribution in [0.2, 0.25) is 10.0 Å². The summed E-state index contributed by atoms with van der Waals surface area (Å²) < 4.78 is 20.8. The highest BCUT2D eigenvalue weighted by Gasteiger charge is 2.45. The van der Waals surface area contributed by atoms with Crippen molar-refractivity contribution in [1.29, 1.82) is 0 Å². The number of amides is 3. The first-order valence-electron chi connectivity index (χ1n) is 15.4. The van der Waals surface area contributed by atoms with Gasteiger partial charge in [0.05, 0.1) is 24.5 Å². The molecule has 3 saturated heterocycles. The minimum absolute atomic E-state index is 0.0767. The number of hydrogen-bond acceptors (Lipinski definition) is 8. The Morgan fingerprint density at radius 2 is 1.57 bits per heavy atom. The molecule has 3 aliphatic rings. The Balaban J connectivity index is 0.923. The zero-order valence-corrected chi connectivity index (χ0v) is 27.3. The number of imide groups is 1. The van der Waals surface area contributed by atoms with Crippen LogP contribution in [0, 0.1) is 0 Å². The van der Waals surface area contributed by atoms with Crippen LogP contribution in [0.4, 0.5) is 21.9 Å². The van der Waals surface area contributed by atoms with Gasteiger partial charge in [-0.3, -0.25) is 14.6 Å². The molecule has 1 aromatic heterocycles. The molecule has 0 bridgehead atoms. The molecule has 7 rings (SSSR count). The van der Waals surface area contributed by atoms with Gasteiger partial charge in [-0.2, -0.15) is 0 Å². The van der Waals surface area contributed by atoms with Crippen LogP contribution in [0.15, 0.2) is 85.5 Å². The highest BCUT2D eigenvalue weighted by Crippen LogP contribution is 2.40. The van der Waals surface area contributed by atoms with Gasteiger partial charge in [0.15, 0.2) is 0 Å². The summed E-state index contributed by atoms with van der Waals surface area (Å²) in [5.74, 6) is -0.552. The quantitative estimate of drug-likeness (QED) is 0.222. The van der Waals surface area contributed by atoms with Crippen LogP contribution in [0.5, 0.6) is 5.75 Å². The Morgan fingerprint density at radius 3 is 2.17 bits per heavy atom. The first-order chi connectivity index (χ1) is 22.8. The molecule has 0 aliphatic carbocycles. The monoisotopic (exact) mass is 676 g/mol. The lowest BCUT2D eigenvalue weighted by Crippen LogP contribution is -2.46. The maximum Gasteiger partial charge on any atom is 0.331 e. The maximum absolute atomic E-state index is 12.3. The molecule has 4 heterocycles. The lowest BCUT2D eigenvalue weighted by molar-refractivity contribution is -0.189. The van der Waals surface area contributed by atoms with Crippen molar-refractivity contribution in [3.05, 3.63) is 101 Å². The zero-order valence-electron chi connectivity index (χ0n) is 25.8. The highest BCUT2D eigenvalue weighted by molar-refractivity contribution is 6.35. The fraction of sp³-hybridized carbons (Fsp3) is 0.324. The number of anilines is 3. The van der Waals surface area contributed by atoms with Crippen molar-refractivity contribution >= 4 is 52.2 Å². The molecule has 3 amide bonds. The average molecular weight is 678 g/mol. The molecule has 11 nitrogen and oxygen atoms in total. The number of urea groups is 1. The normalized spacial score (nSPS) is 21.6. The van der Waals surface area contributed by atoms with Crippen molar-refractivity contribution in [3.63, 3.8) is 0 Å². The third-order valence-electron chi connectivity index (χ3n) is 8.78. The van der Waals surface area contributed by atoms with E-state index in [2.05, 4.69) is 26.9 Å². The van der Waals surface area contributed by atoms with Gasteiger partial charge in [0, 0.05) is 73.3 Å². The second-order valence-corrected chi connectivity index (χ2v) is 12.6. The van der Waals surface area contributed by atoms with Crippen LogP contribution >= 0.6 is 23.2 Å². The Labute approximate surface area is 282 Å². The fourth-order valence-corrected chi connectivity index (χ4v) is 6.73. The van der Waals surface area contributed by atoms with Gasteiger partial charge in [-0.05, 0) is 60.7 Å². The van der Waals surface area contributed by atoms with E-state index < -0.39 is 5.79 Å². The fourth-order valence-electron chi connectivity index (χ4n) is 6.18. The molecule has 13 heteroatoms. The van der Waals surface area contributed by atoms with E-state index in [1.807, 2.05) is 53.2 Å². The van der Waals surface area contributed by atoms with Crippen molar-refractivity contribution in [1.82, 2.24) is 14.5 Å². The number of hydrogen-bond donors (Lipinski definition) is 0. The van der Waals surface area contributed by atoms with Crippen molar-refractivity contribution in [2.45, 2.75) is 18.4 Å². The summed E-state index contributed by atoms with van der Waals surface area (Å²) in [5.41, 5.74) is 3.65. The number of rotatable bonds is 9. The molecule has 0 unspecified atom stereocenters. The molecule has 3 fully saturated rings. The zero-order chi connectivity index (χ0) is 32.5. The van der Waals surface area contributed by atoms with E-state index in [4.69, 9.17) is 37.4 Å². The van der Waals surface area contributed by atoms with E-state index in [0.717, 1.165) is 53.9 Å². The first kappa shape index (κ1) is 31.3. The minimum atomic E-state index is -1.10. The number of imidazole rings is 1. The topological polar surface area (TPSA) is 92.6 Å². The van der Waals surface area contributed by atoms with Crippen LogP contribution in [0.25, 0.3) is 0 Å². The number of aromatic nitrogens is 2. The van der Waals surface area contributed by atoms with Gasteiger partial charge in [-0.15, -0.1) is 0 Å². The number of nitrogens with zero attached hydrogens (tertiary/aromatic N) is 6. The molecule has 0 radical (unpaired) electrons. The van der Waals surface area contributed by atoms with Crippen LogP contribution in [0.1, 0.15) is 5.56 Å². The second-order valence-electron chi connectivity index (χ2n) is 11.8. The van der Waals surface area contributed by atoms with Crippen molar-refractivity contribution in [3.8, 4) is 5.75 Å². The molecule has 0 saturated carbocycles. The number of likely N-dealkylation sites (N-methyl/N-ethyl adjacent to an activating group) is 1. The summed E-state index contributed by atoms with van der Waals surface area (Å²) in [6.45, 7) is 4.55. The number of carbonyl (C=O) groups excluding carboxylic acids is 2.